The van der Waals surface area contributed by atoms with Crippen LogP contribution in [0.3, 0.4) is 0 Å². The second-order valence-electron chi connectivity index (χ2n) is 4.10. The zero-order valence-corrected chi connectivity index (χ0v) is 9.40. The van der Waals surface area contributed by atoms with E-state index in [-0.39, 0.29) is 24.9 Å². The lowest BCUT2D eigenvalue weighted by molar-refractivity contribution is -0.137. The highest BCUT2D eigenvalue weighted by Crippen LogP contribution is 2.04. The smallest absolute Gasteiger partial charge is 0.225 e. The molecule has 0 aliphatic heterocycles. The van der Waals surface area contributed by atoms with Gasteiger partial charge in [-0.15, -0.1) is 0 Å². The summed E-state index contributed by atoms with van der Waals surface area (Å²) in [5.74, 6) is -0.140. The maximum Gasteiger partial charge on any atom is 0.225 e. The maximum absolute atomic E-state index is 11.6. The van der Waals surface area contributed by atoms with Crippen molar-refractivity contribution in [2.45, 2.75) is 39.9 Å². The van der Waals surface area contributed by atoms with Crippen molar-refractivity contribution in [1.82, 2.24) is 4.90 Å². The van der Waals surface area contributed by atoms with Crippen LogP contribution in [-0.2, 0) is 4.79 Å². The molecule has 0 aromatic carbocycles. The summed E-state index contributed by atoms with van der Waals surface area (Å²) in [6.07, 6.45) is -1.12. The Bertz CT molecular complexity index is 168. The van der Waals surface area contributed by atoms with E-state index in [1.165, 1.54) is 4.90 Å². The number of aliphatic hydroxyl groups is 2. The van der Waals surface area contributed by atoms with Crippen LogP contribution >= 0.6 is 0 Å². The van der Waals surface area contributed by atoms with Crippen LogP contribution in [0.25, 0.3) is 0 Å². The zero-order valence-electron chi connectivity index (χ0n) is 9.40. The van der Waals surface area contributed by atoms with Gasteiger partial charge in [-0.25, -0.2) is 0 Å². The molecule has 0 aliphatic rings. The summed E-state index contributed by atoms with van der Waals surface area (Å²) >= 11 is 0. The second kappa shape index (κ2) is 5.98. The predicted octanol–water partition coefficient (Wildman–Crippen LogP) is 0.233. The lowest BCUT2D eigenvalue weighted by atomic mass is 10.1. The number of amides is 1. The molecule has 2 unspecified atom stereocenters. The average molecular weight is 203 g/mol. The van der Waals surface area contributed by atoms with E-state index in [1.807, 2.05) is 0 Å². The van der Waals surface area contributed by atoms with Crippen molar-refractivity contribution in [2.75, 3.05) is 13.1 Å². The van der Waals surface area contributed by atoms with Crippen molar-refractivity contribution in [3.63, 3.8) is 0 Å². The molecule has 0 aromatic heterocycles. The number of hydrogen-bond acceptors (Lipinski definition) is 3. The van der Waals surface area contributed by atoms with E-state index in [0.29, 0.717) is 0 Å². The Morgan fingerprint density at radius 3 is 1.64 bits per heavy atom. The third-order valence-corrected chi connectivity index (χ3v) is 1.77. The molecule has 0 saturated carbocycles. The third-order valence-electron chi connectivity index (χ3n) is 1.77. The van der Waals surface area contributed by atoms with Gasteiger partial charge in [0.2, 0.25) is 5.91 Å². The molecule has 0 rings (SSSR count). The molecule has 84 valence electrons. The van der Waals surface area contributed by atoms with Crippen LogP contribution in [0.2, 0.25) is 0 Å². The molecule has 0 bridgehead atoms. The van der Waals surface area contributed by atoms with Gasteiger partial charge in [0.1, 0.15) is 0 Å². The highest BCUT2D eigenvalue weighted by molar-refractivity contribution is 5.78. The SMILES string of the molecule is CC(O)CN(CC(C)O)C(=O)C(C)C. The van der Waals surface area contributed by atoms with E-state index >= 15 is 0 Å². The summed E-state index contributed by atoms with van der Waals surface area (Å²) in [4.78, 5) is 13.1. The molecule has 0 heterocycles. The van der Waals surface area contributed by atoms with Gasteiger partial charge in [-0.2, -0.15) is 0 Å². The quantitative estimate of drug-likeness (QED) is 0.672. The highest BCUT2D eigenvalue weighted by Gasteiger charge is 2.19. The predicted molar refractivity (Wildman–Crippen MR) is 54.8 cm³/mol. The fourth-order valence-corrected chi connectivity index (χ4v) is 1.26. The standard InChI is InChI=1S/C10H21NO3/c1-7(2)10(14)11(5-8(3)12)6-9(4)13/h7-9,12-13H,5-6H2,1-4H3. The van der Waals surface area contributed by atoms with E-state index < -0.39 is 12.2 Å². The number of carbonyl (C=O) groups is 1. The van der Waals surface area contributed by atoms with Gasteiger partial charge in [0.25, 0.3) is 0 Å². The fraction of sp³-hybridized carbons (Fsp3) is 0.900. The molecule has 0 spiro atoms. The van der Waals surface area contributed by atoms with Crippen molar-refractivity contribution in [1.29, 1.82) is 0 Å². The molecule has 2 N–H and O–H groups in total. The van der Waals surface area contributed by atoms with Crippen molar-refractivity contribution in [3.8, 4) is 0 Å². The van der Waals surface area contributed by atoms with E-state index in [0.717, 1.165) is 0 Å². The number of carbonyl (C=O) groups excluding carboxylic acids is 1. The Morgan fingerprint density at radius 1 is 1.07 bits per heavy atom. The van der Waals surface area contributed by atoms with Crippen LogP contribution in [0.15, 0.2) is 0 Å². The Balaban J connectivity index is 4.31. The summed E-state index contributed by atoms with van der Waals surface area (Å²) in [7, 11) is 0. The Hall–Kier alpha value is -0.610. The average Bonchev–Trinajstić information content (AvgIpc) is 1.99. The van der Waals surface area contributed by atoms with Crippen LogP contribution in [0.1, 0.15) is 27.7 Å². The molecule has 4 nitrogen and oxygen atoms in total. The molecule has 0 saturated heterocycles. The minimum atomic E-state index is -0.559. The van der Waals surface area contributed by atoms with E-state index in [2.05, 4.69) is 0 Å². The summed E-state index contributed by atoms with van der Waals surface area (Å²) < 4.78 is 0. The summed E-state index contributed by atoms with van der Waals surface area (Å²) in [6.45, 7) is 7.42. The highest BCUT2D eigenvalue weighted by atomic mass is 16.3. The summed E-state index contributed by atoms with van der Waals surface area (Å²) in [5, 5.41) is 18.4. The number of nitrogens with zero attached hydrogens (tertiary/aromatic N) is 1. The number of rotatable bonds is 5. The zero-order chi connectivity index (χ0) is 11.3. The first-order chi connectivity index (χ1) is 6.34. The van der Waals surface area contributed by atoms with Crippen molar-refractivity contribution in [2.24, 2.45) is 5.92 Å². The van der Waals surface area contributed by atoms with Gasteiger partial charge in [-0.05, 0) is 13.8 Å². The molecular formula is C10H21NO3. The van der Waals surface area contributed by atoms with Gasteiger partial charge < -0.3 is 15.1 Å². The Morgan fingerprint density at radius 2 is 1.43 bits per heavy atom. The fourth-order valence-electron chi connectivity index (χ4n) is 1.26. The van der Waals surface area contributed by atoms with E-state index in [9.17, 15) is 15.0 Å². The molecular weight excluding hydrogens is 182 g/mol. The molecule has 1 amide bonds. The minimum absolute atomic E-state index is 0.0354. The largest absolute Gasteiger partial charge is 0.392 e. The summed E-state index contributed by atoms with van der Waals surface area (Å²) in [5.41, 5.74) is 0. The van der Waals surface area contributed by atoms with Crippen molar-refractivity contribution >= 4 is 5.91 Å². The van der Waals surface area contributed by atoms with Crippen molar-refractivity contribution in [3.05, 3.63) is 0 Å². The maximum atomic E-state index is 11.6. The normalized spacial score (nSPS) is 15.4. The van der Waals surface area contributed by atoms with Gasteiger partial charge in [-0.3, -0.25) is 4.79 Å². The van der Waals surface area contributed by atoms with Gasteiger partial charge >= 0.3 is 0 Å². The molecule has 0 aromatic rings. The second-order valence-corrected chi connectivity index (χ2v) is 4.10. The summed E-state index contributed by atoms with van der Waals surface area (Å²) in [6, 6.07) is 0. The lowest BCUT2D eigenvalue weighted by Gasteiger charge is -2.26. The van der Waals surface area contributed by atoms with Gasteiger partial charge in [-0.1, -0.05) is 13.8 Å². The van der Waals surface area contributed by atoms with Crippen LogP contribution in [-0.4, -0.2) is 46.3 Å². The van der Waals surface area contributed by atoms with E-state index in [1.54, 1.807) is 27.7 Å². The minimum Gasteiger partial charge on any atom is -0.392 e. The molecule has 2 atom stereocenters. The van der Waals surface area contributed by atoms with Crippen LogP contribution < -0.4 is 0 Å². The first kappa shape index (κ1) is 13.4. The lowest BCUT2D eigenvalue weighted by Crippen LogP contribution is -2.42. The van der Waals surface area contributed by atoms with E-state index in [4.69, 9.17) is 0 Å². The van der Waals surface area contributed by atoms with Crippen LogP contribution in [0.4, 0.5) is 0 Å². The van der Waals surface area contributed by atoms with Crippen LogP contribution in [0, 0.1) is 5.92 Å². The van der Waals surface area contributed by atoms with Crippen LogP contribution in [0.5, 0.6) is 0 Å². The molecule has 0 aliphatic carbocycles. The Labute approximate surface area is 85.5 Å². The molecule has 14 heavy (non-hydrogen) atoms. The van der Waals surface area contributed by atoms with Gasteiger partial charge in [0, 0.05) is 19.0 Å². The first-order valence-electron chi connectivity index (χ1n) is 4.99. The monoisotopic (exact) mass is 203 g/mol. The molecule has 0 fully saturated rings. The Kier molecular flexibility index (Phi) is 5.72. The molecule has 0 radical (unpaired) electrons. The number of hydrogen-bond donors (Lipinski definition) is 2. The topological polar surface area (TPSA) is 60.8 Å². The first-order valence-corrected chi connectivity index (χ1v) is 4.99. The third kappa shape index (κ3) is 5.19. The number of aliphatic hydroxyl groups excluding tert-OH is 2. The van der Waals surface area contributed by atoms with Gasteiger partial charge in [0.05, 0.1) is 12.2 Å². The molecule has 4 heteroatoms. The van der Waals surface area contributed by atoms with Gasteiger partial charge in [0.15, 0.2) is 0 Å². The van der Waals surface area contributed by atoms with Crippen molar-refractivity contribution < 1.29 is 15.0 Å².